The summed E-state index contributed by atoms with van der Waals surface area (Å²) in [5, 5.41) is 4.33. The zero-order valence-electron chi connectivity index (χ0n) is 17.9. The summed E-state index contributed by atoms with van der Waals surface area (Å²) in [6, 6.07) is 17.5. The van der Waals surface area contributed by atoms with E-state index in [2.05, 4.69) is 10.0 Å². The van der Waals surface area contributed by atoms with Crippen LogP contribution in [-0.2, 0) is 14.8 Å². The SMILES string of the molecule is CN(C)c1ccc2c(S(=O)(=O)Nc3ccc(NC(=O)C(C)(C)C)cc3)cccc2c1. The van der Waals surface area contributed by atoms with Crippen LogP contribution in [0.5, 0.6) is 0 Å². The molecule has 3 rings (SSSR count). The van der Waals surface area contributed by atoms with Crippen LogP contribution in [0.15, 0.2) is 65.6 Å². The molecule has 0 heterocycles. The molecule has 3 aromatic rings. The second kappa shape index (κ2) is 7.99. The average Bonchev–Trinajstić information content (AvgIpc) is 2.67. The summed E-state index contributed by atoms with van der Waals surface area (Å²) in [6.45, 7) is 5.49. The van der Waals surface area contributed by atoms with Crippen LogP contribution in [0, 0.1) is 5.41 Å². The standard InChI is InChI=1S/C23H27N3O3S/c1-23(2,3)22(27)24-17-9-11-18(12-10-17)25-30(28,29)21-8-6-7-16-15-19(26(4)5)13-14-20(16)21/h6-15,25H,1-5H3,(H,24,27). The third kappa shape index (κ3) is 4.74. The van der Waals surface area contributed by atoms with Gasteiger partial charge in [-0.3, -0.25) is 9.52 Å². The van der Waals surface area contributed by atoms with Crippen LogP contribution in [0.4, 0.5) is 17.1 Å². The van der Waals surface area contributed by atoms with Crippen molar-refractivity contribution in [3.63, 3.8) is 0 Å². The Kier molecular flexibility index (Phi) is 5.76. The van der Waals surface area contributed by atoms with Crippen molar-refractivity contribution in [2.24, 2.45) is 5.41 Å². The van der Waals surface area contributed by atoms with E-state index in [0.29, 0.717) is 16.8 Å². The molecule has 0 aliphatic carbocycles. The fraction of sp³-hybridized carbons (Fsp3) is 0.261. The lowest BCUT2D eigenvalue weighted by Crippen LogP contribution is -2.27. The number of amides is 1. The van der Waals surface area contributed by atoms with Gasteiger partial charge in [0.2, 0.25) is 5.91 Å². The van der Waals surface area contributed by atoms with E-state index in [1.807, 2.05) is 64.0 Å². The van der Waals surface area contributed by atoms with Crippen LogP contribution in [-0.4, -0.2) is 28.4 Å². The van der Waals surface area contributed by atoms with Crippen LogP contribution in [0.25, 0.3) is 10.8 Å². The van der Waals surface area contributed by atoms with Crippen molar-refractivity contribution >= 4 is 43.8 Å². The Morgan fingerprint density at radius 2 is 1.53 bits per heavy atom. The minimum atomic E-state index is -3.78. The topological polar surface area (TPSA) is 78.5 Å². The number of nitrogens with one attached hydrogen (secondary N) is 2. The number of rotatable bonds is 5. The Bertz CT molecular complexity index is 1180. The first-order chi connectivity index (χ1) is 14.0. The van der Waals surface area contributed by atoms with E-state index in [1.54, 1.807) is 36.4 Å². The van der Waals surface area contributed by atoms with Crippen molar-refractivity contribution in [1.29, 1.82) is 0 Å². The quantitative estimate of drug-likeness (QED) is 0.622. The van der Waals surface area contributed by atoms with E-state index in [1.165, 1.54) is 0 Å². The van der Waals surface area contributed by atoms with Crippen molar-refractivity contribution in [3.05, 3.63) is 60.7 Å². The smallest absolute Gasteiger partial charge is 0.262 e. The highest BCUT2D eigenvalue weighted by atomic mass is 32.2. The first-order valence-corrected chi connectivity index (χ1v) is 11.1. The van der Waals surface area contributed by atoms with Crippen LogP contribution in [0.2, 0.25) is 0 Å². The zero-order valence-corrected chi connectivity index (χ0v) is 18.7. The summed E-state index contributed by atoms with van der Waals surface area (Å²) < 4.78 is 28.7. The average molecular weight is 426 g/mol. The second-order valence-electron chi connectivity index (χ2n) is 8.44. The zero-order chi connectivity index (χ0) is 22.1. The number of anilines is 3. The maximum Gasteiger partial charge on any atom is 0.262 e. The second-order valence-corrected chi connectivity index (χ2v) is 10.1. The fourth-order valence-electron chi connectivity index (χ4n) is 2.90. The number of nitrogens with zero attached hydrogens (tertiary/aromatic N) is 1. The van der Waals surface area contributed by atoms with Gasteiger partial charge in [-0.25, -0.2) is 8.42 Å². The van der Waals surface area contributed by atoms with E-state index < -0.39 is 15.4 Å². The molecule has 1 amide bonds. The lowest BCUT2D eigenvalue weighted by molar-refractivity contribution is -0.123. The number of sulfonamides is 1. The number of carbonyl (C=O) groups is 1. The van der Waals surface area contributed by atoms with Gasteiger partial charge in [-0.1, -0.05) is 39.0 Å². The monoisotopic (exact) mass is 425 g/mol. The molecule has 7 heteroatoms. The lowest BCUT2D eigenvalue weighted by Gasteiger charge is -2.18. The highest BCUT2D eigenvalue weighted by Crippen LogP contribution is 2.28. The number of hydrogen-bond acceptors (Lipinski definition) is 4. The highest BCUT2D eigenvalue weighted by molar-refractivity contribution is 7.93. The number of hydrogen-bond donors (Lipinski definition) is 2. The summed E-state index contributed by atoms with van der Waals surface area (Å²) in [7, 11) is 0.0996. The van der Waals surface area contributed by atoms with Crippen LogP contribution in [0.1, 0.15) is 20.8 Å². The summed E-state index contributed by atoms with van der Waals surface area (Å²) >= 11 is 0. The minimum absolute atomic E-state index is 0.108. The maximum atomic E-state index is 13.0. The molecule has 3 aromatic carbocycles. The van der Waals surface area contributed by atoms with E-state index >= 15 is 0 Å². The predicted octanol–water partition coefficient (Wildman–Crippen LogP) is 4.69. The molecule has 0 saturated carbocycles. The van der Waals surface area contributed by atoms with Crippen molar-refractivity contribution in [3.8, 4) is 0 Å². The van der Waals surface area contributed by atoms with Gasteiger partial charge >= 0.3 is 0 Å². The molecule has 0 atom stereocenters. The molecule has 0 aliphatic heterocycles. The Morgan fingerprint density at radius 1 is 0.900 bits per heavy atom. The molecular formula is C23H27N3O3S. The first-order valence-electron chi connectivity index (χ1n) is 9.62. The maximum absolute atomic E-state index is 13.0. The number of benzene rings is 3. The van der Waals surface area contributed by atoms with E-state index in [4.69, 9.17) is 0 Å². The normalized spacial score (nSPS) is 11.9. The van der Waals surface area contributed by atoms with Crippen molar-refractivity contribution in [1.82, 2.24) is 0 Å². The Hall–Kier alpha value is -3.06. The van der Waals surface area contributed by atoms with Gasteiger partial charge in [-0.2, -0.15) is 0 Å². The van der Waals surface area contributed by atoms with Crippen molar-refractivity contribution in [2.75, 3.05) is 29.0 Å². The molecular weight excluding hydrogens is 398 g/mol. The van der Waals surface area contributed by atoms with Crippen LogP contribution < -0.4 is 14.9 Å². The van der Waals surface area contributed by atoms with Crippen LogP contribution in [0.3, 0.4) is 0 Å². The molecule has 30 heavy (non-hydrogen) atoms. The van der Waals surface area contributed by atoms with Crippen LogP contribution >= 0.6 is 0 Å². The molecule has 2 N–H and O–H groups in total. The lowest BCUT2D eigenvalue weighted by atomic mass is 9.95. The van der Waals surface area contributed by atoms with E-state index in [-0.39, 0.29) is 10.8 Å². The largest absolute Gasteiger partial charge is 0.378 e. The molecule has 158 valence electrons. The van der Waals surface area contributed by atoms with Gasteiger partial charge in [0.15, 0.2) is 0 Å². The highest BCUT2D eigenvalue weighted by Gasteiger charge is 2.21. The summed E-state index contributed by atoms with van der Waals surface area (Å²) in [6.07, 6.45) is 0. The molecule has 0 saturated heterocycles. The molecule has 0 fully saturated rings. The Balaban J connectivity index is 1.86. The third-order valence-electron chi connectivity index (χ3n) is 4.71. The van der Waals surface area contributed by atoms with Gasteiger partial charge in [-0.15, -0.1) is 0 Å². The third-order valence-corrected chi connectivity index (χ3v) is 6.15. The van der Waals surface area contributed by atoms with Gasteiger partial charge in [0.1, 0.15) is 0 Å². The summed E-state index contributed by atoms with van der Waals surface area (Å²) in [5.41, 5.74) is 1.52. The van der Waals surface area contributed by atoms with Gasteiger partial charge < -0.3 is 10.2 Å². The van der Waals surface area contributed by atoms with Gasteiger partial charge in [0.05, 0.1) is 4.90 Å². The molecule has 0 aliphatic rings. The predicted molar refractivity (Wildman–Crippen MR) is 124 cm³/mol. The first kappa shape index (κ1) is 21.6. The summed E-state index contributed by atoms with van der Waals surface area (Å²) in [4.78, 5) is 14.3. The van der Waals surface area contributed by atoms with Crippen molar-refractivity contribution < 1.29 is 13.2 Å². The van der Waals surface area contributed by atoms with Gasteiger partial charge in [0.25, 0.3) is 10.0 Å². The summed E-state index contributed by atoms with van der Waals surface area (Å²) in [5.74, 6) is -0.108. The fourth-order valence-corrected chi connectivity index (χ4v) is 4.19. The Morgan fingerprint density at radius 3 is 2.13 bits per heavy atom. The molecule has 0 radical (unpaired) electrons. The molecule has 0 bridgehead atoms. The molecule has 0 unspecified atom stereocenters. The minimum Gasteiger partial charge on any atom is -0.378 e. The molecule has 6 nitrogen and oxygen atoms in total. The van der Waals surface area contributed by atoms with E-state index in [9.17, 15) is 13.2 Å². The van der Waals surface area contributed by atoms with Crippen molar-refractivity contribution in [2.45, 2.75) is 25.7 Å². The van der Waals surface area contributed by atoms with Gasteiger partial charge in [-0.05, 0) is 47.9 Å². The molecule has 0 aromatic heterocycles. The van der Waals surface area contributed by atoms with E-state index in [0.717, 1.165) is 11.1 Å². The number of fused-ring (bicyclic) bond motifs is 1. The number of carbonyl (C=O) groups excluding carboxylic acids is 1. The molecule has 0 spiro atoms. The Labute approximate surface area is 178 Å². The van der Waals surface area contributed by atoms with Gasteiger partial charge in [0, 0.05) is 42.0 Å².